The van der Waals surface area contributed by atoms with Gasteiger partial charge in [0.15, 0.2) is 73.8 Å². The average Bonchev–Trinajstić information content (AvgIpc) is 1.67. The summed E-state index contributed by atoms with van der Waals surface area (Å²) in [6.07, 6.45) is -34.0. The van der Waals surface area contributed by atoms with E-state index in [9.17, 15) is 62.3 Å². The van der Waals surface area contributed by atoms with Gasteiger partial charge in [0.25, 0.3) is 0 Å². The second-order valence-electron chi connectivity index (χ2n) is 20.2. The van der Waals surface area contributed by atoms with E-state index in [2.05, 4.69) is 6.58 Å². The number of hydrogen-bond acceptors (Lipinski definition) is 33. The van der Waals surface area contributed by atoms with Crippen LogP contribution in [-0.2, 0) is 157 Å². The number of ether oxygens (including phenoxy) is 20. The maximum Gasteiger partial charge on any atom is 0.303 e. The number of carbonyl (C=O) groups excluding carboxylic acids is 13. The molecule has 20 atom stereocenters. The van der Waals surface area contributed by atoms with E-state index in [0.29, 0.717) is 12.8 Å². The molecule has 0 aromatic rings. The van der Waals surface area contributed by atoms with Crippen LogP contribution in [0.25, 0.3) is 0 Å². The molecule has 0 bridgehead atoms. The van der Waals surface area contributed by atoms with Gasteiger partial charge in [-0.1, -0.05) is 6.08 Å². The predicted molar refractivity (Wildman–Crippen MR) is 280 cm³/mol. The van der Waals surface area contributed by atoms with Crippen LogP contribution in [-0.4, -0.2) is 227 Å². The van der Waals surface area contributed by atoms with Gasteiger partial charge in [-0.05, 0) is 19.3 Å². The lowest BCUT2D eigenvalue weighted by Gasteiger charge is -2.51. The minimum Gasteiger partial charge on any atom is -0.463 e. The Labute approximate surface area is 504 Å². The van der Waals surface area contributed by atoms with E-state index in [1.54, 1.807) is 6.08 Å². The predicted octanol–water partition coefficient (Wildman–Crippen LogP) is 0.0781. The van der Waals surface area contributed by atoms with Crippen molar-refractivity contribution in [1.82, 2.24) is 0 Å². The van der Waals surface area contributed by atoms with Gasteiger partial charge in [0, 0.05) is 90.0 Å². The molecule has 0 aliphatic carbocycles. The Kier molecular flexibility index (Phi) is 28.5. The van der Waals surface area contributed by atoms with Crippen LogP contribution in [0, 0.1) is 0 Å². The van der Waals surface area contributed by atoms with Crippen LogP contribution < -0.4 is 0 Å². The highest BCUT2D eigenvalue weighted by atomic mass is 16.8. The maximum atomic E-state index is 13.4. The molecule has 4 fully saturated rings. The summed E-state index contributed by atoms with van der Waals surface area (Å²) < 4.78 is 118. The zero-order valence-electron chi connectivity index (χ0n) is 50.8. The third-order valence-corrected chi connectivity index (χ3v) is 12.8. The highest BCUT2D eigenvalue weighted by molar-refractivity contribution is 5.71. The van der Waals surface area contributed by atoms with Crippen molar-refractivity contribution in [3.8, 4) is 0 Å². The van der Waals surface area contributed by atoms with Gasteiger partial charge < -0.3 is 94.7 Å². The largest absolute Gasteiger partial charge is 0.463 e. The van der Waals surface area contributed by atoms with Crippen molar-refractivity contribution >= 4 is 77.6 Å². The molecule has 33 heteroatoms. The molecule has 4 saturated heterocycles. The Bertz CT molecular complexity index is 2510. The number of unbranched alkanes of at least 4 members (excludes halogenated alkanes) is 1. The van der Waals surface area contributed by atoms with E-state index in [4.69, 9.17) is 94.7 Å². The zero-order valence-corrected chi connectivity index (χ0v) is 50.8. The van der Waals surface area contributed by atoms with E-state index < -0.39 is 227 Å². The van der Waals surface area contributed by atoms with E-state index in [-0.39, 0.29) is 6.42 Å². The quantitative estimate of drug-likeness (QED) is 0.0455. The molecule has 0 aromatic heterocycles. The molecule has 0 N–H and O–H groups in total. The van der Waals surface area contributed by atoms with Crippen molar-refractivity contribution in [2.24, 2.45) is 0 Å². The molecule has 0 amide bonds. The number of rotatable bonds is 27. The smallest absolute Gasteiger partial charge is 0.303 e. The fraction of sp³-hybridized carbons (Fsp3) is 0.727. The van der Waals surface area contributed by atoms with Crippen LogP contribution >= 0.6 is 0 Å². The molecule has 4 rings (SSSR count). The number of allylic oxidation sites excluding steroid dienone is 1. The van der Waals surface area contributed by atoms with Gasteiger partial charge in [-0.15, -0.1) is 6.58 Å². The third-order valence-electron chi connectivity index (χ3n) is 12.8. The molecule has 0 radical (unpaired) electrons. The van der Waals surface area contributed by atoms with E-state index in [1.807, 2.05) is 0 Å². The summed E-state index contributed by atoms with van der Waals surface area (Å²) in [4.78, 5) is 167. The van der Waals surface area contributed by atoms with Crippen molar-refractivity contribution in [1.29, 1.82) is 0 Å². The van der Waals surface area contributed by atoms with Gasteiger partial charge in [-0.2, -0.15) is 0 Å². The van der Waals surface area contributed by atoms with Crippen LogP contribution in [0.3, 0.4) is 0 Å². The van der Waals surface area contributed by atoms with E-state index >= 15 is 0 Å². The normalized spacial score (nSPS) is 31.7. The Morgan fingerprint density at radius 3 is 0.761 bits per heavy atom. The SMILES string of the molecule is C=CCCC[C@@H]1O[C@H](COC(C)=O)[C@@H](O[C@@H]2O[C@H](COC(C)=O)[C@@H](O[C@@H]3O[C@H](COC(C)=O)[C@@H](O[C@@H]4O[C@H](COC(C)=O)[C@@H](OC(C)=O)[C@H](OC(C)=O)[C@H]4OC(C)=O)[C@H](OC(C)=O)[C@H]3OC(C)=O)[C@H](OC(C)=O)[C@H]2OC(C)=O)[C@H](OC(C)=O)[C@H]1OC(C)=O. The standard InChI is InChI=1S/C55H76O33/c1-15-16-17-18-36-41(73-27(6)60)46(75-29(8)62)43(37(82-36)19-69-23(2)56)86-54-51(80-34(13)67)48(77-31(10)64)45(39(84-54)21-71-25(4)58)88-55-52(81-35(14)68)49(78-32(11)65)44(40(85-55)22-72-26(5)59)87-53-50(79-33(12)66)47(76-30(9)63)42(74-28(7)61)38(83-53)20-70-24(3)57/h15,36-55H,1,16-22H2,2-14H3/t36-,37+,38+,39+,40+,41-,42+,43+,44+,45+,46+,47-,48-,49-,50+,51+,52+,53-,54-,55-/m0/s1. The monoisotopic (exact) mass is 1260 g/mol. The van der Waals surface area contributed by atoms with Gasteiger partial charge in [-0.3, -0.25) is 62.3 Å². The molecule has 33 nitrogen and oxygen atoms in total. The Balaban J connectivity index is 1.98. The summed E-state index contributed by atoms with van der Waals surface area (Å²) in [6, 6.07) is 0. The van der Waals surface area contributed by atoms with Crippen LogP contribution in [0.2, 0.25) is 0 Å². The van der Waals surface area contributed by atoms with Gasteiger partial charge in [0.1, 0.15) is 69.2 Å². The summed E-state index contributed by atoms with van der Waals surface area (Å²) in [5.74, 6) is -12.9. The molecular formula is C55H76O33. The Hall–Kier alpha value is -7.43. The fourth-order valence-electron chi connectivity index (χ4n) is 9.86. The summed E-state index contributed by atoms with van der Waals surface area (Å²) in [6.45, 7) is 13.3. The summed E-state index contributed by atoms with van der Waals surface area (Å²) >= 11 is 0. The topological polar surface area (TPSA) is 407 Å². The first-order valence-electron chi connectivity index (χ1n) is 27.6. The molecule has 88 heavy (non-hydrogen) atoms. The first-order chi connectivity index (χ1) is 41.3. The minimum absolute atomic E-state index is 0.152. The van der Waals surface area contributed by atoms with Crippen LogP contribution in [0.5, 0.6) is 0 Å². The highest BCUT2D eigenvalue weighted by Gasteiger charge is 2.61. The van der Waals surface area contributed by atoms with Crippen LogP contribution in [0.15, 0.2) is 12.7 Å². The molecular weight excluding hydrogens is 1190 g/mol. The van der Waals surface area contributed by atoms with Crippen LogP contribution in [0.4, 0.5) is 0 Å². The van der Waals surface area contributed by atoms with Crippen molar-refractivity contribution < 1.29 is 157 Å². The average molecular weight is 1270 g/mol. The number of esters is 13. The summed E-state index contributed by atoms with van der Waals surface area (Å²) in [5.41, 5.74) is 0. The van der Waals surface area contributed by atoms with Crippen molar-refractivity contribution in [3.05, 3.63) is 12.7 Å². The molecule has 0 unspecified atom stereocenters. The third kappa shape index (κ3) is 22.3. The van der Waals surface area contributed by atoms with Gasteiger partial charge in [0.2, 0.25) is 0 Å². The van der Waals surface area contributed by atoms with Gasteiger partial charge in [-0.25, -0.2) is 0 Å². The van der Waals surface area contributed by atoms with E-state index in [1.165, 1.54) is 0 Å². The van der Waals surface area contributed by atoms with Crippen molar-refractivity contribution in [2.45, 2.75) is 232 Å². The molecule has 0 aromatic carbocycles. The van der Waals surface area contributed by atoms with Crippen LogP contribution in [0.1, 0.15) is 109 Å². The first-order valence-corrected chi connectivity index (χ1v) is 27.6. The highest BCUT2D eigenvalue weighted by Crippen LogP contribution is 2.40. The summed E-state index contributed by atoms with van der Waals surface area (Å²) in [7, 11) is 0. The van der Waals surface area contributed by atoms with E-state index in [0.717, 1.165) is 90.0 Å². The molecule has 4 aliphatic rings. The lowest BCUT2D eigenvalue weighted by molar-refractivity contribution is -0.386. The molecule has 0 spiro atoms. The minimum atomic E-state index is -2.19. The maximum absolute atomic E-state index is 13.4. The van der Waals surface area contributed by atoms with Gasteiger partial charge >= 0.3 is 77.6 Å². The number of carbonyl (C=O) groups is 13. The first kappa shape index (κ1) is 73.0. The lowest BCUT2D eigenvalue weighted by atomic mass is 9.91. The Morgan fingerprint density at radius 2 is 0.500 bits per heavy atom. The molecule has 0 saturated carbocycles. The fourth-order valence-corrected chi connectivity index (χ4v) is 9.86. The number of hydrogen-bond donors (Lipinski definition) is 0. The second kappa shape index (κ2) is 34.4. The zero-order chi connectivity index (χ0) is 65.9. The Morgan fingerprint density at radius 1 is 0.284 bits per heavy atom. The second-order valence-corrected chi connectivity index (χ2v) is 20.2. The molecule has 494 valence electrons. The molecule has 4 heterocycles. The van der Waals surface area contributed by atoms with Gasteiger partial charge in [0.05, 0.1) is 6.10 Å². The lowest BCUT2D eigenvalue weighted by Crippen LogP contribution is -2.69. The summed E-state index contributed by atoms with van der Waals surface area (Å²) in [5, 5.41) is 0. The molecule has 4 aliphatic heterocycles. The van der Waals surface area contributed by atoms with Crippen molar-refractivity contribution in [3.63, 3.8) is 0 Å². The van der Waals surface area contributed by atoms with Crippen molar-refractivity contribution in [2.75, 3.05) is 26.4 Å².